The molecule has 0 saturated heterocycles. The van der Waals surface area contributed by atoms with Gasteiger partial charge in [-0.25, -0.2) is 0 Å². The number of rotatable bonds is 3. The van der Waals surface area contributed by atoms with Crippen molar-refractivity contribution in [2.75, 3.05) is 0 Å². The molecule has 0 atom stereocenters. The Bertz CT molecular complexity index is 116. The molecular weight excluding hydrogens is 156 g/mol. The molecule has 0 nitrogen and oxygen atoms in total. The van der Waals surface area contributed by atoms with Gasteiger partial charge >= 0.3 is 0 Å². The highest BCUT2D eigenvalue weighted by Crippen LogP contribution is 1.90. The normalized spacial score (nSPS) is 8.08. The van der Waals surface area contributed by atoms with Gasteiger partial charge in [0.25, 0.3) is 0 Å². The maximum atomic E-state index is 3.56. The summed E-state index contributed by atoms with van der Waals surface area (Å²) in [6.45, 7) is 13.4. The van der Waals surface area contributed by atoms with Crippen LogP contribution in [-0.4, -0.2) is 0 Å². The van der Waals surface area contributed by atoms with Crippen LogP contribution in [0.3, 0.4) is 0 Å². The van der Waals surface area contributed by atoms with Gasteiger partial charge in [0.1, 0.15) is 0 Å². The van der Waals surface area contributed by atoms with Gasteiger partial charge in [0, 0.05) is 0 Å². The van der Waals surface area contributed by atoms with Gasteiger partial charge in [-0.2, -0.15) is 0 Å². The van der Waals surface area contributed by atoms with E-state index in [1.165, 1.54) is 12.8 Å². The molecule has 0 saturated carbocycles. The smallest absolute Gasteiger partial charge is 0.0398 e. The first-order chi connectivity index (χ1) is 5.22. The summed E-state index contributed by atoms with van der Waals surface area (Å²) in [4.78, 5) is 0. The largest absolute Gasteiger partial charge is 0.0991 e. The van der Waals surface area contributed by atoms with Crippen LogP contribution in [0.4, 0.5) is 0 Å². The van der Waals surface area contributed by atoms with Crippen molar-refractivity contribution in [2.24, 2.45) is 0 Å². The maximum Gasteiger partial charge on any atom is -0.0398 e. The van der Waals surface area contributed by atoms with Crippen LogP contribution in [0.5, 0.6) is 0 Å². The number of hydrogen-bond acceptors (Lipinski definition) is 0. The van der Waals surface area contributed by atoms with E-state index in [2.05, 4.69) is 27.0 Å². The standard InChI is InChI=1S/C7H10.C4H10.2CH4/c1-4-6-7(3)5-2;1-3-4-2;;/h4-6H,1-2H2,3H3;3-4H2,1-2H3;2*1H4/b7-6-;;;. The second-order valence-corrected chi connectivity index (χ2v) is 2.35. The van der Waals surface area contributed by atoms with E-state index in [1.54, 1.807) is 12.2 Å². The molecular formula is C13H28. The van der Waals surface area contributed by atoms with Crippen LogP contribution < -0.4 is 0 Å². The lowest BCUT2D eigenvalue weighted by atomic mass is 10.3. The van der Waals surface area contributed by atoms with Gasteiger partial charge in [-0.3, -0.25) is 0 Å². The second kappa shape index (κ2) is 22.5. The molecule has 0 bridgehead atoms. The highest BCUT2D eigenvalue weighted by atomic mass is 13.8. The van der Waals surface area contributed by atoms with Crippen molar-refractivity contribution in [3.8, 4) is 0 Å². The molecule has 0 heterocycles. The Morgan fingerprint density at radius 2 is 1.46 bits per heavy atom. The molecule has 0 amide bonds. The van der Waals surface area contributed by atoms with Crippen LogP contribution in [0.1, 0.15) is 48.5 Å². The number of hydrogen-bond donors (Lipinski definition) is 0. The fraction of sp³-hybridized carbons (Fsp3) is 0.538. The van der Waals surface area contributed by atoms with Gasteiger partial charge in [-0.15, -0.1) is 0 Å². The van der Waals surface area contributed by atoms with Crippen molar-refractivity contribution in [1.29, 1.82) is 0 Å². The lowest BCUT2D eigenvalue weighted by Crippen LogP contribution is -1.58. The average Bonchev–Trinajstić information content (AvgIpc) is 2.05. The number of allylic oxidation sites excluding steroid dienone is 4. The minimum absolute atomic E-state index is 0. The van der Waals surface area contributed by atoms with E-state index >= 15 is 0 Å². The van der Waals surface area contributed by atoms with Crippen molar-refractivity contribution in [3.63, 3.8) is 0 Å². The summed E-state index contributed by atoms with van der Waals surface area (Å²) in [6.07, 6.45) is 8.09. The molecule has 0 aromatic carbocycles. The van der Waals surface area contributed by atoms with E-state index in [0.29, 0.717) is 0 Å². The molecule has 0 N–H and O–H groups in total. The first kappa shape index (κ1) is 22.8. The monoisotopic (exact) mass is 184 g/mol. The van der Waals surface area contributed by atoms with E-state index in [0.717, 1.165) is 5.57 Å². The molecule has 0 fully saturated rings. The fourth-order valence-corrected chi connectivity index (χ4v) is 0.254. The molecule has 0 spiro atoms. The third-order valence-electron chi connectivity index (χ3n) is 1.20. The third-order valence-corrected chi connectivity index (χ3v) is 1.20. The summed E-state index contributed by atoms with van der Waals surface area (Å²) >= 11 is 0. The van der Waals surface area contributed by atoms with Crippen LogP contribution in [-0.2, 0) is 0 Å². The van der Waals surface area contributed by atoms with Gasteiger partial charge < -0.3 is 0 Å². The molecule has 13 heavy (non-hydrogen) atoms. The fourth-order valence-electron chi connectivity index (χ4n) is 0.254. The first-order valence-corrected chi connectivity index (χ1v) is 4.14. The van der Waals surface area contributed by atoms with Crippen molar-refractivity contribution < 1.29 is 0 Å². The quantitative estimate of drug-likeness (QED) is 0.516. The molecule has 80 valence electrons. The van der Waals surface area contributed by atoms with E-state index < -0.39 is 0 Å². The Morgan fingerprint density at radius 1 is 1.08 bits per heavy atom. The molecule has 0 aromatic heterocycles. The summed E-state index contributed by atoms with van der Waals surface area (Å²) in [5.41, 5.74) is 1.15. The zero-order chi connectivity index (χ0) is 9.11. The van der Waals surface area contributed by atoms with E-state index in [1.807, 2.05) is 13.0 Å². The summed E-state index contributed by atoms with van der Waals surface area (Å²) in [5, 5.41) is 0. The van der Waals surface area contributed by atoms with Crippen molar-refractivity contribution in [3.05, 3.63) is 37.0 Å². The molecule has 0 aromatic rings. The predicted molar refractivity (Wildman–Crippen MR) is 68.2 cm³/mol. The zero-order valence-corrected chi connectivity index (χ0v) is 8.06. The van der Waals surface area contributed by atoms with E-state index in [4.69, 9.17) is 0 Å². The Labute approximate surface area is 86.1 Å². The number of unbranched alkanes of at least 4 members (excludes halogenated alkanes) is 1. The zero-order valence-electron chi connectivity index (χ0n) is 8.06. The third kappa shape index (κ3) is 35.0. The average molecular weight is 184 g/mol. The first-order valence-electron chi connectivity index (χ1n) is 4.14. The highest BCUT2D eigenvalue weighted by Gasteiger charge is 1.68. The van der Waals surface area contributed by atoms with Crippen LogP contribution in [0.25, 0.3) is 0 Å². The van der Waals surface area contributed by atoms with Crippen LogP contribution in [0.2, 0.25) is 0 Å². The molecule has 0 unspecified atom stereocenters. The lowest BCUT2D eigenvalue weighted by Gasteiger charge is -1.80. The van der Waals surface area contributed by atoms with Gasteiger partial charge in [0.15, 0.2) is 0 Å². The Balaban J connectivity index is -0.0000000600. The van der Waals surface area contributed by atoms with Crippen molar-refractivity contribution in [1.82, 2.24) is 0 Å². The summed E-state index contributed by atoms with van der Waals surface area (Å²) in [6, 6.07) is 0. The summed E-state index contributed by atoms with van der Waals surface area (Å²) in [5.74, 6) is 0. The van der Waals surface area contributed by atoms with E-state index in [9.17, 15) is 0 Å². The maximum absolute atomic E-state index is 3.56. The molecule has 0 rings (SSSR count). The van der Waals surface area contributed by atoms with Gasteiger partial charge in [-0.1, -0.05) is 78.5 Å². The SMILES string of the molecule is C.C.C=C/C=C(/C)C=C.CCCC. The molecule has 0 aliphatic heterocycles. The molecule has 0 aliphatic carbocycles. The van der Waals surface area contributed by atoms with Crippen LogP contribution in [0.15, 0.2) is 37.0 Å². The van der Waals surface area contributed by atoms with Crippen molar-refractivity contribution >= 4 is 0 Å². The lowest BCUT2D eigenvalue weighted by molar-refractivity contribution is 0.886. The molecule has 0 aliphatic rings. The Kier molecular flexibility index (Phi) is 39.4. The minimum Gasteiger partial charge on any atom is -0.0991 e. The topological polar surface area (TPSA) is 0 Å². The van der Waals surface area contributed by atoms with Gasteiger partial charge in [0.05, 0.1) is 0 Å². The van der Waals surface area contributed by atoms with Gasteiger partial charge in [-0.05, 0) is 6.92 Å². The van der Waals surface area contributed by atoms with E-state index in [-0.39, 0.29) is 14.9 Å². The Hall–Kier alpha value is -0.780. The predicted octanol–water partition coefficient (Wildman–Crippen LogP) is 5.38. The minimum atomic E-state index is 0. The highest BCUT2D eigenvalue weighted by molar-refractivity contribution is 5.17. The summed E-state index contributed by atoms with van der Waals surface area (Å²) in [7, 11) is 0. The van der Waals surface area contributed by atoms with Crippen molar-refractivity contribution in [2.45, 2.75) is 48.5 Å². The molecule has 0 radical (unpaired) electrons. The van der Waals surface area contributed by atoms with Crippen LogP contribution >= 0.6 is 0 Å². The van der Waals surface area contributed by atoms with Gasteiger partial charge in [0.2, 0.25) is 0 Å². The Morgan fingerprint density at radius 3 is 1.54 bits per heavy atom. The second-order valence-electron chi connectivity index (χ2n) is 2.35. The summed E-state index contributed by atoms with van der Waals surface area (Å²) < 4.78 is 0. The van der Waals surface area contributed by atoms with Crippen LogP contribution in [0, 0.1) is 0 Å². The molecule has 0 heteroatoms.